The van der Waals surface area contributed by atoms with E-state index in [0.717, 1.165) is 23.5 Å². The van der Waals surface area contributed by atoms with Gasteiger partial charge in [-0.15, -0.1) is 0 Å². The molecule has 0 bridgehead atoms. The Kier molecular flexibility index (Phi) is 5.56. The molecule has 0 amide bonds. The lowest BCUT2D eigenvalue weighted by Crippen LogP contribution is -2.49. The van der Waals surface area contributed by atoms with Gasteiger partial charge in [0.15, 0.2) is 0 Å². The maximum Gasteiger partial charge on any atom is 0.0941 e. The highest BCUT2D eigenvalue weighted by atomic mass is 14.9. The van der Waals surface area contributed by atoms with Crippen LogP contribution in [0.3, 0.4) is 0 Å². The molecule has 3 nitrogen and oxygen atoms in total. The average Bonchev–Trinajstić information content (AvgIpc) is 2.65. The van der Waals surface area contributed by atoms with Crippen molar-refractivity contribution in [2.24, 2.45) is 21.2 Å². The number of aromatic nitrogens is 2. The highest BCUT2D eigenvalue weighted by Crippen LogP contribution is 2.63. The van der Waals surface area contributed by atoms with Gasteiger partial charge in [-0.3, -0.25) is 15.0 Å². The van der Waals surface area contributed by atoms with Crippen molar-refractivity contribution in [2.45, 2.75) is 74.1 Å². The van der Waals surface area contributed by atoms with Gasteiger partial charge in [-0.25, -0.2) is 0 Å². The Balaban J connectivity index is 2.43. The van der Waals surface area contributed by atoms with E-state index in [1.807, 2.05) is 18.5 Å². The fourth-order valence-electron chi connectivity index (χ4n) is 5.20. The third-order valence-corrected chi connectivity index (χ3v) is 6.63. The van der Waals surface area contributed by atoms with Gasteiger partial charge in [0, 0.05) is 29.6 Å². The number of hydrogen-bond donors (Lipinski definition) is 0. The molecular formula is C27H37N3. The molecule has 0 N–H and O–H groups in total. The molecule has 2 aromatic rings. The van der Waals surface area contributed by atoms with Crippen LogP contribution in [0, 0.1) is 16.2 Å². The predicted octanol–water partition coefficient (Wildman–Crippen LogP) is 7.20. The number of allylic oxidation sites excluding steroid dienone is 1. The molecule has 0 fully saturated rings. The zero-order valence-corrected chi connectivity index (χ0v) is 20.2. The van der Waals surface area contributed by atoms with Crippen LogP contribution in [0.15, 0.2) is 47.7 Å². The van der Waals surface area contributed by atoms with Crippen LogP contribution >= 0.6 is 0 Å². The van der Waals surface area contributed by atoms with Gasteiger partial charge < -0.3 is 0 Å². The summed E-state index contributed by atoms with van der Waals surface area (Å²) in [7, 11) is 0. The molecule has 0 aliphatic carbocycles. The summed E-state index contributed by atoms with van der Waals surface area (Å²) in [6, 6.07) is 10.5. The lowest BCUT2D eigenvalue weighted by molar-refractivity contribution is 0.0356. The van der Waals surface area contributed by atoms with Crippen molar-refractivity contribution in [1.29, 1.82) is 0 Å². The monoisotopic (exact) mass is 403 g/mol. The summed E-state index contributed by atoms with van der Waals surface area (Å²) < 4.78 is 0. The molecule has 160 valence electrons. The topological polar surface area (TPSA) is 38.1 Å². The van der Waals surface area contributed by atoms with Crippen LogP contribution < -0.4 is 0 Å². The molecule has 0 aromatic carbocycles. The van der Waals surface area contributed by atoms with E-state index in [9.17, 15) is 0 Å². The van der Waals surface area contributed by atoms with Gasteiger partial charge >= 0.3 is 0 Å². The van der Waals surface area contributed by atoms with Crippen molar-refractivity contribution in [3.63, 3.8) is 0 Å². The van der Waals surface area contributed by atoms with E-state index in [2.05, 4.69) is 92.8 Å². The summed E-state index contributed by atoms with van der Waals surface area (Å²) in [5, 5.41) is 0. The van der Waals surface area contributed by atoms with Crippen molar-refractivity contribution in [2.75, 3.05) is 0 Å². The average molecular weight is 404 g/mol. The van der Waals surface area contributed by atoms with Gasteiger partial charge in [-0.2, -0.15) is 0 Å². The molecule has 0 unspecified atom stereocenters. The smallest absolute Gasteiger partial charge is 0.0941 e. The molecule has 3 heteroatoms. The summed E-state index contributed by atoms with van der Waals surface area (Å²) in [5.41, 5.74) is 5.25. The van der Waals surface area contributed by atoms with Gasteiger partial charge in [-0.1, -0.05) is 68.4 Å². The first kappa shape index (κ1) is 22.4. The van der Waals surface area contributed by atoms with E-state index in [4.69, 9.17) is 15.0 Å². The zero-order chi connectivity index (χ0) is 22.4. The largest absolute Gasteiger partial charge is 0.259 e. The van der Waals surface area contributed by atoms with Crippen molar-refractivity contribution in [1.82, 2.24) is 9.97 Å². The molecule has 3 rings (SSSR count). The fraction of sp³-hybridized carbons (Fsp3) is 0.519. The van der Waals surface area contributed by atoms with Gasteiger partial charge in [-0.05, 0) is 52.5 Å². The first-order chi connectivity index (χ1) is 13.8. The summed E-state index contributed by atoms with van der Waals surface area (Å²) in [6.45, 7) is 20.8. The molecule has 1 aliphatic heterocycles. The summed E-state index contributed by atoms with van der Waals surface area (Å²) >= 11 is 0. The predicted molar refractivity (Wildman–Crippen MR) is 128 cm³/mol. The Labute approximate surface area is 182 Å². The van der Waals surface area contributed by atoms with Crippen LogP contribution in [-0.2, 0) is 5.41 Å². The summed E-state index contributed by atoms with van der Waals surface area (Å²) in [4.78, 5) is 14.5. The van der Waals surface area contributed by atoms with Crippen molar-refractivity contribution < 1.29 is 0 Å². The van der Waals surface area contributed by atoms with Gasteiger partial charge in [0.1, 0.15) is 0 Å². The number of rotatable bonds is 2. The normalized spacial score (nSPS) is 17.4. The molecule has 2 aromatic heterocycles. The second kappa shape index (κ2) is 7.44. The van der Waals surface area contributed by atoms with Crippen LogP contribution in [0.1, 0.15) is 85.7 Å². The summed E-state index contributed by atoms with van der Waals surface area (Å²) in [6.07, 6.45) is 6.78. The van der Waals surface area contributed by atoms with Crippen molar-refractivity contribution in [3.8, 4) is 0 Å². The maximum atomic E-state index is 4.96. The summed E-state index contributed by atoms with van der Waals surface area (Å²) in [5.74, 6) is 0. The van der Waals surface area contributed by atoms with Gasteiger partial charge in [0.25, 0.3) is 0 Å². The third-order valence-electron chi connectivity index (χ3n) is 6.63. The van der Waals surface area contributed by atoms with Crippen LogP contribution in [-0.4, -0.2) is 16.2 Å². The minimum atomic E-state index is -0.148. The van der Waals surface area contributed by atoms with E-state index in [1.165, 1.54) is 11.1 Å². The maximum absolute atomic E-state index is 4.96. The Bertz CT molecular complexity index is 948. The van der Waals surface area contributed by atoms with E-state index in [-0.39, 0.29) is 21.7 Å². The number of aliphatic imine (C=N–C) groups is 1. The third kappa shape index (κ3) is 3.75. The zero-order valence-electron chi connectivity index (χ0n) is 20.2. The van der Waals surface area contributed by atoms with Crippen LogP contribution in [0.2, 0.25) is 0 Å². The van der Waals surface area contributed by atoms with Crippen molar-refractivity contribution in [3.05, 3.63) is 59.7 Å². The minimum Gasteiger partial charge on any atom is -0.259 e. The SMILES string of the molecule is CC(C)(C)c1ccnc(C2=C(c3ccccn3)C(C(C)(C)C)(C(C)(C)C)CC=N2)c1. The van der Waals surface area contributed by atoms with E-state index < -0.39 is 0 Å². The molecule has 3 heterocycles. The Hall–Kier alpha value is -2.29. The second-order valence-electron chi connectivity index (χ2n) is 11.5. The number of pyridine rings is 2. The molecule has 1 aliphatic rings. The molecule has 0 atom stereocenters. The number of nitrogens with zero attached hydrogens (tertiary/aromatic N) is 3. The fourth-order valence-corrected chi connectivity index (χ4v) is 5.20. The lowest BCUT2D eigenvalue weighted by atomic mass is 9.48. The Morgan fingerprint density at radius 2 is 1.40 bits per heavy atom. The molecular weight excluding hydrogens is 366 g/mol. The Morgan fingerprint density at radius 3 is 1.93 bits per heavy atom. The molecule has 0 saturated heterocycles. The van der Waals surface area contributed by atoms with Crippen LogP contribution in [0.25, 0.3) is 11.3 Å². The molecule has 0 saturated carbocycles. The minimum absolute atomic E-state index is 0.00255. The first-order valence-corrected chi connectivity index (χ1v) is 10.9. The van der Waals surface area contributed by atoms with Crippen LogP contribution in [0.5, 0.6) is 0 Å². The standard InChI is InChI=1S/C27H37N3/c1-24(2,3)19-13-16-29-21(18-19)23-22(20-12-10-11-15-28-20)27(14-17-30-23,25(4,5)6)26(7,8)9/h10-13,15-18H,14H2,1-9H3. The quantitative estimate of drug-likeness (QED) is 0.532. The van der Waals surface area contributed by atoms with E-state index in [0.29, 0.717) is 0 Å². The lowest BCUT2D eigenvalue weighted by Gasteiger charge is -2.56. The molecule has 0 spiro atoms. The highest BCUT2D eigenvalue weighted by Gasteiger charge is 2.55. The highest BCUT2D eigenvalue weighted by molar-refractivity contribution is 5.97. The van der Waals surface area contributed by atoms with Gasteiger partial charge in [0.05, 0.1) is 17.1 Å². The first-order valence-electron chi connectivity index (χ1n) is 10.9. The van der Waals surface area contributed by atoms with E-state index >= 15 is 0 Å². The van der Waals surface area contributed by atoms with Crippen molar-refractivity contribution >= 4 is 17.5 Å². The van der Waals surface area contributed by atoms with Crippen LogP contribution in [0.4, 0.5) is 0 Å². The number of hydrogen-bond acceptors (Lipinski definition) is 3. The second-order valence-corrected chi connectivity index (χ2v) is 11.5. The molecule has 0 radical (unpaired) electrons. The van der Waals surface area contributed by atoms with Gasteiger partial charge in [0.2, 0.25) is 0 Å². The molecule has 30 heavy (non-hydrogen) atoms. The Morgan fingerprint density at radius 1 is 0.767 bits per heavy atom. The van der Waals surface area contributed by atoms with E-state index in [1.54, 1.807) is 0 Å².